The third-order valence-corrected chi connectivity index (χ3v) is 6.21. The predicted molar refractivity (Wildman–Crippen MR) is 92.1 cm³/mol. The molecule has 2 aliphatic carbocycles. The Balaban J connectivity index is 1.59. The largest absolute Gasteiger partial charge is 0.507 e. The highest BCUT2D eigenvalue weighted by Crippen LogP contribution is 2.63. The lowest BCUT2D eigenvalue weighted by atomic mass is 9.70. The van der Waals surface area contributed by atoms with Gasteiger partial charge in [0.1, 0.15) is 5.75 Å². The van der Waals surface area contributed by atoms with Crippen LogP contribution in [-0.2, 0) is 0 Å². The van der Waals surface area contributed by atoms with Crippen LogP contribution in [0.5, 0.6) is 5.75 Å². The zero-order valence-electron chi connectivity index (χ0n) is 13.8. The van der Waals surface area contributed by atoms with E-state index in [1.54, 1.807) is 12.3 Å². The van der Waals surface area contributed by atoms with Crippen LogP contribution in [-0.4, -0.2) is 30.1 Å². The zero-order valence-corrected chi connectivity index (χ0v) is 13.8. The second-order valence-electron chi connectivity index (χ2n) is 7.42. The summed E-state index contributed by atoms with van der Waals surface area (Å²) in [5.41, 5.74) is 2.86. The van der Waals surface area contributed by atoms with Crippen molar-refractivity contribution >= 4 is 11.9 Å². The minimum atomic E-state index is 0.278. The van der Waals surface area contributed by atoms with E-state index >= 15 is 0 Å². The van der Waals surface area contributed by atoms with Crippen LogP contribution in [0.1, 0.15) is 45.6 Å². The van der Waals surface area contributed by atoms with Gasteiger partial charge < -0.3 is 5.11 Å². The highest BCUT2D eigenvalue weighted by Gasteiger charge is 2.59. The molecule has 1 aromatic rings. The average Bonchev–Trinajstić information content (AvgIpc) is 2.82. The molecule has 0 heterocycles. The van der Waals surface area contributed by atoms with Gasteiger partial charge in [-0.15, -0.1) is 0 Å². The van der Waals surface area contributed by atoms with Gasteiger partial charge in [-0.05, 0) is 42.7 Å². The van der Waals surface area contributed by atoms with Crippen LogP contribution in [0.2, 0.25) is 0 Å². The Morgan fingerprint density at radius 3 is 2.64 bits per heavy atom. The minimum Gasteiger partial charge on any atom is -0.507 e. The summed E-state index contributed by atoms with van der Waals surface area (Å²) in [6.07, 6.45) is 5.55. The summed E-state index contributed by atoms with van der Waals surface area (Å²) in [6, 6.07) is 7.26. The van der Waals surface area contributed by atoms with Crippen LogP contribution >= 0.6 is 0 Å². The van der Waals surface area contributed by atoms with Crippen molar-refractivity contribution in [1.29, 1.82) is 0 Å². The molecule has 3 rings (SSSR count). The summed E-state index contributed by atoms with van der Waals surface area (Å²) in [6.45, 7) is 8.63. The van der Waals surface area contributed by atoms with Crippen molar-refractivity contribution in [3.8, 4) is 5.75 Å². The third kappa shape index (κ3) is 2.37. The van der Waals surface area contributed by atoms with Crippen molar-refractivity contribution in [3.05, 3.63) is 29.8 Å². The molecule has 1 N–H and O–H groups in total. The first-order valence-corrected chi connectivity index (χ1v) is 8.27. The molecule has 2 atom stereocenters. The number of para-hydroxylation sites is 1. The molecule has 2 fully saturated rings. The quantitative estimate of drug-likeness (QED) is 0.660. The topological polar surface area (TPSA) is 45.0 Å². The monoisotopic (exact) mass is 298 g/mol. The van der Waals surface area contributed by atoms with Crippen molar-refractivity contribution in [2.75, 3.05) is 13.1 Å². The van der Waals surface area contributed by atoms with Crippen LogP contribution in [0, 0.1) is 16.7 Å². The summed E-state index contributed by atoms with van der Waals surface area (Å²) in [5, 5.41) is 9.68. The van der Waals surface area contributed by atoms with Gasteiger partial charge in [0.25, 0.3) is 0 Å². The van der Waals surface area contributed by atoms with E-state index in [9.17, 15) is 5.11 Å². The lowest BCUT2D eigenvalue weighted by Gasteiger charge is -2.34. The molecule has 0 spiro atoms. The van der Waals surface area contributed by atoms with Crippen molar-refractivity contribution in [2.24, 2.45) is 26.7 Å². The number of benzene rings is 1. The number of rotatable bonds is 4. The fraction of sp³-hybridized carbons (Fsp3) is 0.579. The third-order valence-electron chi connectivity index (χ3n) is 6.21. The number of hydrogen-bond acceptors (Lipinski definition) is 3. The summed E-state index contributed by atoms with van der Waals surface area (Å²) >= 11 is 0. The summed E-state index contributed by atoms with van der Waals surface area (Å²) in [7, 11) is 0. The maximum atomic E-state index is 9.68. The molecule has 22 heavy (non-hydrogen) atoms. The van der Waals surface area contributed by atoms with Gasteiger partial charge in [-0.3, -0.25) is 9.98 Å². The molecule has 0 saturated heterocycles. The van der Waals surface area contributed by atoms with E-state index in [0.29, 0.717) is 17.4 Å². The van der Waals surface area contributed by atoms with E-state index in [-0.39, 0.29) is 5.75 Å². The number of fused-ring (bicyclic) bond motifs is 2. The molecule has 2 saturated carbocycles. The fourth-order valence-electron chi connectivity index (χ4n) is 4.17. The molecule has 3 nitrogen and oxygen atoms in total. The molecule has 118 valence electrons. The molecule has 0 amide bonds. The predicted octanol–water partition coefficient (Wildman–Crippen LogP) is 4.10. The summed E-state index contributed by atoms with van der Waals surface area (Å²) in [4.78, 5) is 9.26. The van der Waals surface area contributed by atoms with Gasteiger partial charge in [-0.2, -0.15) is 0 Å². The van der Waals surface area contributed by atoms with Crippen LogP contribution in [0.4, 0.5) is 0 Å². The Bertz CT molecular complexity index is 618. The Kier molecular flexibility index (Phi) is 3.84. The first-order chi connectivity index (χ1) is 10.4. The average molecular weight is 298 g/mol. The van der Waals surface area contributed by atoms with E-state index in [2.05, 4.69) is 25.8 Å². The molecule has 1 aromatic carbocycles. The van der Waals surface area contributed by atoms with E-state index in [0.717, 1.165) is 18.0 Å². The van der Waals surface area contributed by atoms with E-state index in [1.165, 1.54) is 25.0 Å². The zero-order chi connectivity index (χ0) is 15.8. The number of aliphatic imine (C=N–C) groups is 2. The summed E-state index contributed by atoms with van der Waals surface area (Å²) in [5.74, 6) is 1.08. The van der Waals surface area contributed by atoms with Crippen molar-refractivity contribution < 1.29 is 5.11 Å². The van der Waals surface area contributed by atoms with Gasteiger partial charge in [0.15, 0.2) is 0 Å². The van der Waals surface area contributed by atoms with E-state index < -0.39 is 0 Å². The Morgan fingerprint density at radius 1 is 1.23 bits per heavy atom. The SMILES string of the molecule is CC1(C)[C@H]2CC[C@]1(C)C(=NCCN=Cc1ccccc1O)C2. The smallest absolute Gasteiger partial charge is 0.124 e. The maximum absolute atomic E-state index is 9.68. The van der Waals surface area contributed by atoms with Crippen LogP contribution in [0.15, 0.2) is 34.3 Å². The molecular formula is C19H26N2O. The molecule has 0 aliphatic heterocycles. The first-order valence-electron chi connectivity index (χ1n) is 8.27. The van der Waals surface area contributed by atoms with Crippen molar-refractivity contribution in [2.45, 2.75) is 40.0 Å². The lowest BCUT2D eigenvalue weighted by molar-refractivity contribution is 0.194. The molecule has 2 aliphatic rings. The number of hydrogen-bond donors (Lipinski definition) is 1. The molecule has 0 aromatic heterocycles. The number of nitrogens with zero attached hydrogens (tertiary/aromatic N) is 2. The Morgan fingerprint density at radius 2 is 2.00 bits per heavy atom. The Hall–Kier alpha value is -1.64. The second kappa shape index (κ2) is 5.53. The highest BCUT2D eigenvalue weighted by atomic mass is 16.3. The lowest BCUT2D eigenvalue weighted by Crippen LogP contribution is -2.32. The minimum absolute atomic E-state index is 0.278. The summed E-state index contributed by atoms with van der Waals surface area (Å²) < 4.78 is 0. The Labute approximate surface area is 133 Å². The van der Waals surface area contributed by atoms with Gasteiger partial charge >= 0.3 is 0 Å². The molecule has 3 heteroatoms. The van der Waals surface area contributed by atoms with Crippen LogP contribution < -0.4 is 0 Å². The normalized spacial score (nSPS) is 31.4. The highest BCUT2D eigenvalue weighted by molar-refractivity contribution is 5.94. The number of phenolic OH excluding ortho intramolecular Hbond substituents is 1. The first kappa shape index (κ1) is 15.3. The molecule has 0 radical (unpaired) electrons. The molecule has 0 unspecified atom stereocenters. The molecular weight excluding hydrogens is 272 g/mol. The standard InChI is InChI=1S/C19H26N2O/c1-18(2)15-8-9-19(18,3)17(12-15)21-11-10-20-13-14-6-4-5-7-16(14)22/h4-7,13,15,22H,8-12H2,1-3H3/t15-,19+/m0/s1. The van der Waals surface area contributed by atoms with Gasteiger partial charge in [0.2, 0.25) is 0 Å². The fourth-order valence-corrected chi connectivity index (χ4v) is 4.17. The van der Waals surface area contributed by atoms with Gasteiger partial charge in [0.05, 0.1) is 13.1 Å². The number of phenols is 1. The van der Waals surface area contributed by atoms with Gasteiger partial charge in [-0.1, -0.05) is 32.9 Å². The van der Waals surface area contributed by atoms with E-state index in [4.69, 9.17) is 4.99 Å². The van der Waals surface area contributed by atoms with Gasteiger partial charge in [0, 0.05) is 22.9 Å². The van der Waals surface area contributed by atoms with Crippen LogP contribution in [0.25, 0.3) is 0 Å². The number of aromatic hydroxyl groups is 1. The maximum Gasteiger partial charge on any atom is 0.124 e. The second-order valence-corrected chi connectivity index (χ2v) is 7.42. The van der Waals surface area contributed by atoms with E-state index in [1.807, 2.05) is 18.2 Å². The molecule has 2 bridgehead atoms. The van der Waals surface area contributed by atoms with Crippen LogP contribution in [0.3, 0.4) is 0 Å². The van der Waals surface area contributed by atoms with Crippen molar-refractivity contribution in [3.63, 3.8) is 0 Å². The van der Waals surface area contributed by atoms with Crippen molar-refractivity contribution in [1.82, 2.24) is 0 Å². The van der Waals surface area contributed by atoms with Gasteiger partial charge in [-0.25, -0.2) is 0 Å².